The smallest absolute Gasteiger partial charge is 0.307 e. The van der Waals surface area contributed by atoms with Crippen molar-refractivity contribution < 1.29 is 4.79 Å². The lowest BCUT2D eigenvalue weighted by Gasteiger charge is -2.37. The second-order valence-electron chi connectivity index (χ2n) is 7.59. The molecule has 1 unspecified atom stereocenters. The molecule has 4 nitrogen and oxygen atoms in total. The number of hydrogen-bond acceptors (Lipinski definition) is 2. The zero-order valence-corrected chi connectivity index (χ0v) is 15.9. The monoisotopic (exact) mass is 339 g/mol. The standard InChI is InChI=1S/C21H29N3O/c1-15-14-21(4,5)16(2)13-18(15)12-11-17(3)23-24-20(25)22-19-9-7-6-8-10-19/h6-12,16H,13-14H2,1-5H3,(H2,22,24,25)/b12-11+,23-17+. The molecule has 1 aromatic carbocycles. The Labute approximate surface area is 151 Å². The summed E-state index contributed by atoms with van der Waals surface area (Å²) >= 11 is 0. The third kappa shape index (κ3) is 5.59. The van der Waals surface area contributed by atoms with Gasteiger partial charge < -0.3 is 5.32 Å². The summed E-state index contributed by atoms with van der Waals surface area (Å²) < 4.78 is 0. The molecule has 0 bridgehead atoms. The Balaban J connectivity index is 1.92. The number of benzene rings is 1. The van der Waals surface area contributed by atoms with Crippen LogP contribution in [0.3, 0.4) is 0 Å². The molecule has 2 amide bonds. The molecule has 0 saturated heterocycles. The van der Waals surface area contributed by atoms with E-state index in [1.807, 2.05) is 43.3 Å². The minimum Gasteiger partial charge on any atom is -0.307 e. The van der Waals surface area contributed by atoms with Crippen LogP contribution in [0.5, 0.6) is 0 Å². The van der Waals surface area contributed by atoms with E-state index in [-0.39, 0.29) is 6.03 Å². The first-order chi connectivity index (χ1) is 11.8. The van der Waals surface area contributed by atoms with Gasteiger partial charge in [0, 0.05) is 5.69 Å². The zero-order valence-electron chi connectivity index (χ0n) is 15.9. The number of rotatable bonds is 4. The van der Waals surface area contributed by atoms with Gasteiger partial charge in [0.1, 0.15) is 0 Å². The van der Waals surface area contributed by atoms with Crippen molar-refractivity contribution in [2.24, 2.45) is 16.4 Å². The average Bonchev–Trinajstić information content (AvgIpc) is 2.55. The van der Waals surface area contributed by atoms with E-state index in [9.17, 15) is 4.79 Å². The summed E-state index contributed by atoms with van der Waals surface area (Å²) in [5.74, 6) is 0.655. The highest BCUT2D eigenvalue weighted by atomic mass is 16.2. The minimum absolute atomic E-state index is 0.345. The van der Waals surface area contributed by atoms with Gasteiger partial charge in [-0.3, -0.25) is 0 Å². The summed E-state index contributed by atoms with van der Waals surface area (Å²) in [6, 6.07) is 8.96. The molecule has 0 saturated carbocycles. The molecule has 25 heavy (non-hydrogen) atoms. The lowest BCUT2D eigenvalue weighted by Crippen LogP contribution is -2.26. The highest BCUT2D eigenvalue weighted by molar-refractivity contribution is 5.95. The summed E-state index contributed by atoms with van der Waals surface area (Å²) in [6.45, 7) is 11.1. The average molecular weight is 339 g/mol. The van der Waals surface area contributed by atoms with Crippen molar-refractivity contribution in [3.8, 4) is 0 Å². The molecular weight excluding hydrogens is 310 g/mol. The van der Waals surface area contributed by atoms with E-state index >= 15 is 0 Å². The largest absolute Gasteiger partial charge is 0.339 e. The van der Waals surface area contributed by atoms with Gasteiger partial charge in [-0.25, -0.2) is 10.2 Å². The minimum atomic E-state index is -0.345. The Hall–Kier alpha value is -2.36. The fraction of sp³-hybridized carbons (Fsp3) is 0.429. The van der Waals surface area contributed by atoms with Crippen LogP contribution in [0.4, 0.5) is 10.5 Å². The number of hydrazone groups is 1. The van der Waals surface area contributed by atoms with Crippen LogP contribution in [-0.4, -0.2) is 11.7 Å². The zero-order chi connectivity index (χ0) is 18.4. The number of para-hydroxylation sites is 1. The first kappa shape index (κ1) is 19.0. The van der Waals surface area contributed by atoms with Crippen molar-refractivity contribution in [3.63, 3.8) is 0 Å². The van der Waals surface area contributed by atoms with E-state index in [4.69, 9.17) is 0 Å². The van der Waals surface area contributed by atoms with Crippen LogP contribution in [0.25, 0.3) is 0 Å². The number of carbonyl (C=O) groups excluding carboxylic acids is 1. The van der Waals surface area contributed by atoms with E-state index in [1.54, 1.807) is 0 Å². The molecule has 2 rings (SSSR count). The maximum absolute atomic E-state index is 11.8. The van der Waals surface area contributed by atoms with Crippen LogP contribution in [0.2, 0.25) is 0 Å². The lowest BCUT2D eigenvalue weighted by atomic mass is 9.68. The molecule has 0 radical (unpaired) electrons. The third-order valence-corrected chi connectivity index (χ3v) is 5.02. The van der Waals surface area contributed by atoms with Gasteiger partial charge in [-0.2, -0.15) is 5.10 Å². The topological polar surface area (TPSA) is 53.5 Å². The van der Waals surface area contributed by atoms with E-state index in [0.717, 1.165) is 24.2 Å². The van der Waals surface area contributed by atoms with Crippen LogP contribution in [0, 0.1) is 11.3 Å². The fourth-order valence-corrected chi connectivity index (χ4v) is 3.04. The van der Waals surface area contributed by atoms with Crippen LogP contribution in [0.1, 0.15) is 47.5 Å². The highest BCUT2D eigenvalue weighted by Gasteiger charge is 2.31. The summed E-state index contributed by atoms with van der Waals surface area (Å²) in [4.78, 5) is 11.8. The maximum atomic E-state index is 11.8. The van der Waals surface area contributed by atoms with Crippen molar-refractivity contribution in [1.82, 2.24) is 5.43 Å². The van der Waals surface area contributed by atoms with Crippen molar-refractivity contribution in [3.05, 3.63) is 53.6 Å². The number of amides is 2. The molecule has 2 N–H and O–H groups in total. The third-order valence-electron chi connectivity index (χ3n) is 5.02. The number of nitrogens with zero attached hydrogens (tertiary/aromatic N) is 1. The van der Waals surface area contributed by atoms with Crippen LogP contribution >= 0.6 is 0 Å². The molecular formula is C21H29N3O. The van der Waals surface area contributed by atoms with Gasteiger partial charge in [-0.05, 0) is 61.8 Å². The number of nitrogens with one attached hydrogen (secondary N) is 2. The maximum Gasteiger partial charge on any atom is 0.339 e. The lowest BCUT2D eigenvalue weighted by molar-refractivity contribution is 0.213. The molecule has 0 fully saturated rings. The Kier molecular flexibility index (Phi) is 6.18. The highest BCUT2D eigenvalue weighted by Crippen LogP contribution is 2.43. The van der Waals surface area contributed by atoms with E-state index < -0.39 is 0 Å². The van der Waals surface area contributed by atoms with Crippen LogP contribution < -0.4 is 10.7 Å². The van der Waals surface area contributed by atoms with Gasteiger partial charge >= 0.3 is 6.03 Å². The van der Waals surface area contributed by atoms with E-state index in [2.05, 4.69) is 49.6 Å². The van der Waals surface area contributed by atoms with Crippen molar-refractivity contribution >= 4 is 17.4 Å². The molecule has 0 heterocycles. The first-order valence-corrected chi connectivity index (χ1v) is 8.81. The number of carbonyl (C=O) groups is 1. The molecule has 0 aliphatic heterocycles. The van der Waals surface area contributed by atoms with E-state index in [1.165, 1.54) is 11.1 Å². The number of allylic oxidation sites excluding steroid dienone is 4. The van der Waals surface area contributed by atoms with Gasteiger partial charge in [-0.15, -0.1) is 0 Å². The van der Waals surface area contributed by atoms with Gasteiger partial charge in [0.05, 0.1) is 5.71 Å². The molecule has 1 aliphatic carbocycles. The molecule has 0 spiro atoms. The van der Waals surface area contributed by atoms with Gasteiger partial charge in [0.2, 0.25) is 0 Å². The first-order valence-electron chi connectivity index (χ1n) is 8.81. The normalized spacial score (nSPS) is 20.7. The van der Waals surface area contributed by atoms with Crippen LogP contribution in [0.15, 0.2) is 58.7 Å². The Bertz CT molecular complexity index is 699. The molecule has 0 aromatic heterocycles. The summed E-state index contributed by atoms with van der Waals surface area (Å²) in [5, 5.41) is 6.86. The van der Waals surface area contributed by atoms with Gasteiger partial charge in [-0.1, -0.05) is 50.6 Å². The molecule has 1 atom stereocenters. The predicted octanol–water partition coefficient (Wildman–Crippen LogP) is 5.51. The Morgan fingerprint density at radius 3 is 2.64 bits per heavy atom. The SMILES string of the molecule is CC1=C(/C=C/C(C)=N/NC(=O)Nc2ccccc2)CC(C)C(C)(C)C1. The van der Waals surface area contributed by atoms with Crippen molar-refractivity contribution in [2.75, 3.05) is 5.32 Å². The second-order valence-corrected chi connectivity index (χ2v) is 7.59. The molecule has 4 heteroatoms. The molecule has 134 valence electrons. The summed E-state index contributed by atoms with van der Waals surface area (Å²) in [7, 11) is 0. The molecule has 1 aliphatic rings. The fourth-order valence-electron chi connectivity index (χ4n) is 3.04. The summed E-state index contributed by atoms with van der Waals surface area (Å²) in [6.07, 6.45) is 6.32. The number of urea groups is 1. The quantitative estimate of drug-likeness (QED) is 0.551. The molecule has 1 aromatic rings. The second kappa shape index (κ2) is 8.15. The van der Waals surface area contributed by atoms with Crippen molar-refractivity contribution in [1.29, 1.82) is 0 Å². The summed E-state index contributed by atoms with van der Waals surface area (Å²) in [5.41, 5.74) is 7.22. The van der Waals surface area contributed by atoms with Crippen molar-refractivity contribution in [2.45, 2.75) is 47.5 Å². The Morgan fingerprint density at radius 1 is 1.28 bits per heavy atom. The number of anilines is 1. The van der Waals surface area contributed by atoms with E-state index in [0.29, 0.717) is 11.3 Å². The van der Waals surface area contributed by atoms with Gasteiger partial charge in [0.25, 0.3) is 0 Å². The Morgan fingerprint density at radius 2 is 1.96 bits per heavy atom. The van der Waals surface area contributed by atoms with Gasteiger partial charge in [0.15, 0.2) is 0 Å². The number of hydrogen-bond donors (Lipinski definition) is 2. The van der Waals surface area contributed by atoms with Crippen LogP contribution in [-0.2, 0) is 0 Å². The predicted molar refractivity (Wildman–Crippen MR) is 106 cm³/mol.